The van der Waals surface area contributed by atoms with Crippen LogP contribution in [0.5, 0.6) is 0 Å². The van der Waals surface area contributed by atoms with Crippen LogP contribution in [0.1, 0.15) is 20.7 Å². The number of benzene rings is 2. The van der Waals surface area contributed by atoms with E-state index in [0.717, 1.165) is 4.90 Å². The Bertz CT molecular complexity index is 781. The summed E-state index contributed by atoms with van der Waals surface area (Å²) in [4.78, 5) is 37.6. The first-order valence-electron chi connectivity index (χ1n) is 5.97. The van der Waals surface area contributed by atoms with Crippen LogP contribution in [0.2, 0.25) is 10.0 Å². The molecule has 0 spiro atoms. The van der Waals surface area contributed by atoms with Crippen molar-refractivity contribution in [2.45, 2.75) is 0 Å². The Morgan fingerprint density at radius 1 is 0.762 bits per heavy atom. The number of fused-ring (bicyclic) bond motifs is 1. The molecule has 104 valence electrons. The molecule has 0 fully saturated rings. The van der Waals surface area contributed by atoms with Crippen LogP contribution in [-0.4, -0.2) is 17.6 Å². The Kier molecular flexibility index (Phi) is 3.27. The van der Waals surface area contributed by atoms with E-state index < -0.39 is 17.6 Å². The van der Waals surface area contributed by atoms with Gasteiger partial charge in [-0.1, -0.05) is 41.4 Å². The highest BCUT2D eigenvalue weighted by Crippen LogP contribution is 2.30. The van der Waals surface area contributed by atoms with Gasteiger partial charge >= 0.3 is 5.91 Å². The number of hydrogen-bond donors (Lipinski definition) is 0. The van der Waals surface area contributed by atoms with Crippen molar-refractivity contribution in [3.8, 4) is 0 Å². The van der Waals surface area contributed by atoms with E-state index in [9.17, 15) is 14.4 Å². The minimum atomic E-state index is -0.919. The van der Waals surface area contributed by atoms with Crippen LogP contribution in [0.15, 0.2) is 42.5 Å². The van der Waals surface area contributed by atoms with Crippen LogP contribution in [-0.2, 0) is 4.79 Å². The molecule has 0 aliphatic carbocycles. The molecular weight excluding hydrogens is 313 g/mol. The summed E-state index contributed by atoms with van der Waals surface area (Å²) >= 11 is 11.8. The zero-order valence-electron chi connectivity index (χ0n) is 10.5. The molecule has 0 bridgehead atoms. The second-order valence-corrected chi connectivity index (χ2v) is 5.32. The third kappa shape index (κ3) is 2.22. The molecule has 0 saturated heterocycles. The maximum atomic E-state index is 12.5. The molecule has 3 rings (SSSR count). The lowest BCUT2D eigenvalue weighted by Gasteiger charge is -2.25. The Balaban J connectivity index is 2.18. The summed E-state index contributed by atoms with van der Waals surface area (Å²) in [6.45, 7) is 0. The number of carbonyl (C=O) groups excluding carboxylic acids is 3. The fourth-order valence-electron chi connectivity index (χ4n) is 2.20. The van der Waals surface area contributed by atoms with Crippen molar-refractivity contribution in [1.82, 2.24) is 0 Å². The molecule has 4 nitrogen and oxygen atoms in total. The van der Waals surface area contributed by atoms with Crippen molar-refractivity contribution in [2.24, 2.45) is 0 Å². The molecule has 0 atom stereocenters. The van der Waals surface area contributed by atoms with E-state index in [0.29, 0.717) is 0 Å². The second kappa shape index (κ2) is 4.98. The predicted molar refractivity (Wildman–Crippen MR) is 79.1 cm³/mol. The van der Waals surface area contributed by atoms with Crippen LogP contribution in [0.4, 0.5) is 5.69 Å². The highest BCUT2D eigenvalue weighted by molar-refractivity contribution is 6.56. The number of hydrogen-bond acceptors (Lipinski definition) is 3. The van der Waals surface area contributed by atoms with Crippen LogP contribution < -0.4 is 4.90 Å². The first-order chi connectivity index (χ1) is 9.99. The van der Waals surface area contributed by atoms with Gasteiger partial charge in [0.05, 0.1) is 11.3 Å². The Morgan fingerprint density at radius 3 is 1.95 bits per heavy atom. The number of Topliss-reactive ketones (excluding diaryl/α,β-unsaturated/α-hetero) is 1. The van der Waals surface area contributed by atoms with Gasteiger partial charge in [0.1, 0.15) is 0 Å². The maximum Gasteiger partial charge on any atom is 0.306 e. The molecule has 0 unspecified atom stereocenters. The molecule has 21 heavy (non-hydrogen) atoms. The SMILES string of the molecule is O=C1C(=O)N(c2cc(Cl)cc(Cl)c2)C(=O)c2ccccc21. The van der Waals surface area contributed by atoms with Gasteiger partial charge in [0.25, 0.3) is 11.7 Å². The van der Waals surface area contributed by atoms with E-state index in [1.807, 2.05) is 0 Å². The van der Waals surface area contributed by atoms with E-state index in [1.165, 1.54) is 30.3 Å². The number of ketones is 1. The summed E-state index contributed by atoms with van der Waals surface area (Å²) in [5.41, 5.74) is 0.459. The van der Waals surface area contributed by atoms with E-state index in [2.05, 4.69) is 0 Å². The average molecular weight is 320 g/mol. The molecular formula is C15H7Cl2NO3. The number of nitrogens with zero attached hydrogens (tertiary/aromatic N) is 1. The number of imide groups is 1. The lowest BCUT2D eigenvalue weighted by Crippen LogP contribution is -2.46. The predicted octanol–water partition coefficient (Wildman–Crippen LogP) is 3.36. The molecule has 2 amide bonds. The van der Waals surface area contributed by atoms with Crippen molar-refractivity contribution in [1.29, 1.82) is 0 Å². The monoisotopic (exact) mass is 319 g/mol. The number of amides is 2. The van der Waals surface area contributed by atoms with Gasteiger partial charge in [-0.05, 0) is 24.3 Å². The number of rotatable bonds is 1. The normalized spacial score (nSPS) is 14.4. The van der Waals surface area contributed by atoms with Gasteiger partial charge in [0.15, 0.2) is 0 Å². The number of anilines is 1. The lowest BCUT2D eigenvalue weighted by molar-refractivity contribution is -0.114. The molecule has 1 aliphatic rings. The highest BCUT2D eigenvalue weighted by Gasteiger charge is 2.38. The quantitative estimate of drug-likeness (QED) is 0.598. The lowest BCUT2D eigenvalue weighted by atomic mass is 9.97. The molecule has 6 heteroatoms. The van der Waals surface area contributed by atoms with E-state index in [4.69, 9.17) is 23.2 Å². The van der Waals surface area contributed by atoms with Crippen molar-refractivity contribution in [3.63, 3.8) is 0 Å². The van der Waals surface area contributed by atoms with Crippen molar-refractivity contribution >= 4 is 46.5 Å². The van der Waals surface area contributed by atoms with Gasteiger partial charge in [0, 0.05) is 15.6 Å². The van der Waals surface area contributed by atoms with E-state index >= 15 is 0 Å². The minimum absolute atomic E-state index is 0.108. The van der Waals surface area contributed by atoms with Crippen LogP contribution in [0.25, 0.3) is 0 Å². The van der Waals surface area contributed by atoms with Gasteiger partial charge in [0.2, 0.25) is 0 Å². The summed E-state index contributed by atoms with van der Waals surface area (Å²) in [5, 5.41) is 0.536. The van der Waals surface area contributed by atoms with Crippen LogP contribution >= 0.6 is 23.2 Å². The first-order valence-corrected chi connectivity index (χ1v) is 6.73. The number of halogens is 2. The Morgan fingerprint density at radius 2 is 1.33 bits per heavy atom. The topological polar surface area (TPSA) is 54.5 Å². The first kappa shape index (κ1) is 13.8. The highest BCUT2D eigenvalue weighted by atomic mass is 35.5. The standard InChI is InChI=1S/C15H7Cl2NO3/c16-8-5-9(17)7-10(6-8)18-14(20)12-4-2-1-3-11(12)13(19)15(18)21/h1-7H. The van der Waals surface area contributed by atoms with E-state index in [-0.39, 0.29) is 26.9 Å². The molecule has 0 N–H and O–H groups in total. The summed E-state index contributed by atoms with van der Waals surface area (Å²) in [6.07, 6.45) is 0. The molecule has 1 heterocycles. The summed E-state index contributed by atoms with van der Waals surface area (Å²) in [7, 11) is 0. The Hall–Kier alpha value is -2.17. The van der Waals surface area contributed by atoms with Crippen LogP contribution in [0.3, 0.4) is 0 Å². The van der Waals surface area contributed by atoms with Gasteiger partial charge < -0.3 is 0 Å². The van der Waals surface area contributed by atoms with Crippen LogP contribution in [0, 0.1) is 0 Å². The fraction of sp³-hybridized carbons (Fsp3) is 0. The Labute approximate surface area is 129 Å². The van der Waals surface area contributed by atoms with Gasteiger partial charge in [-0.2, -0.15) is 0 Å². The minimum Gasteiger partial charge on any atom is -0.283 e. The zero-order valence-corrected chi connectivity index (χ0v) is 12.0. The molecule has 0 radical (unpaired) electrons. The summed E-state index contributed by atoms with van der Waals surface area (Å²) in [6, 6.07) is 10.5. The zero-order chi connectivity index (χ0) is 15.1. The largest absolute Gasteiger partial charge is 0.306 e. The smallest absolute Gasteiger partial charge is 0.283 e. The van der Waals surface area contributed by atoms with E-state index in [1.54, 1.807) is 12.1 Å². The maximum absolute atomic E-state index is 12.5. The fourth-order valence-corrected chi connectivity index (χ4v) is 2.71. The third-order valence-corrected chi connectivity index (χ3v) is 3.54. The van der Waals surface area contributed by atoms with Crippen molar-refractivity contribution in [2.75, 3.05) is 4.90 Å². The van der Waals surface area contributed by atoms with Gasteiger partial charge in [-0.15, -0.1) is 0 Å². The van der Waals surface area contributed by atoms with Gasteiger partial charge in [-0.25, -0.2) is 4.90 Å². The molecule has 1 aliphatic heterocycles. The number of carbonyl (C=O) groups is 3. The third-order valence-electron chi connectivity index (χ3n) is 3.11. The van der Waals surface area contributed by atoms with Crippen molar-refractivity contribution < 1.29 is 14.4 Å². The molecule has 2 aromatic carbocycles. The molecule has 0 saturated carbocycles. The molecule has 2 aromatic rings. The van der Waals surface area contributed by atoms with Gasteiger partial charge in [-0.3, -0.25) is 14.4 Å². The summed E-state index contributed by atoms with van der Waals surface area (Å²) < 4.78 is 0. The second-order valence-electron chi connectivity index (χ2n) is 4.45. The van der Waals surface area contributed by atoms with Crippen molar-refractivity contribution in [3.05, 3.63) is 63.6 Å². The summed E-state index contributed by atoms with van der Waals surface area (Å²) in [5.74, 6) is -2.23. The molecule has 0 aromatic heterocycles. The average Bonchev–Trinajstić information content (AvgIpc) is 2.44.